The molecule has 3 aromatic rings. The molecule has 1 heterocycles. The number of alkyl carbamates (subject to hydrolysis) is 1. The Kier molecular flexibility index (Phi) is 5.94. The Bertz CT molecular complexity index is 885. The lowest BCUT2D eigenvalue weighted by atomic mass is 10.0. The van der Waals surface area contributed by atoms with Crippen molar-refractivity contribution in [2.24, 2.45) is 0 Å². The molecule has 0 spiro atoms. The van der Waals surface area contributed by atoms with Crippen molar-refractivity contribution in [2.75, 3.05) is 0 Å². The zero-order chi connectivity index (χ0) is 20.1. The molecule has 7 nitrogen and oxygen atoms in total. The molecule has 0 aliphatic rings. The summed E-state index contributed by atoms with van der Waals surface area (Å²) < 4.78 is 5.36. The minimum atomic E-state index is -0.894. The second kappa shape index (κ2) is 8.39. The van der Waals surface area contributed by atoms with E-state index in [1.165, 1.54) is 4.80 Å². The Morgan fingerprint density at radius 2 is 1.64 bits per heavy atom. The maximum Gasteiger partial charge on any atom is 0.407 e. The number of aliphatic hydroxyl groups excluding tert-OH is 1. The Morgan fingerprint density at radius 3 is 2.21 bits per heavy atom. The molecule has 3 rings (SSSR count). The smallest absolute Gasteiger partial charge is 0.407 e. The molecule has 0 unspecified atom stereocenters. The van der Waals surface area contributed by atoms with Crippen LogP contribution in [0, 0.1) is 0 Å². The molecule has 1 aromatic heterocycles. The Hall–Kier alpha value is -2.93. The van der Waals surface area contributed by atoms with E-state index in [4.69, 9.17) is 4.74 Å². The van der Waals surface area contributed by atoms with Gasteiger partial charge in [0.2, 0.25) is 0 Å². The monoisotopic (exact) mass is 382 g/mol. The highest BCUT2D eigenvalue weighted by molar-refractivity contribution is 5.73. The maximum atomic E-state index is 12.3. The maximum absolute atomic E-state index is 12.3. The number of fused-ring (bicyclic) bond motifs is 1. The van der Waals surface area contributed by atoms with Gasteiger partial charge in [-0.2, -0.15) is 15.0 Å². The van der Waals surface area contributed by atoms with E-state index in [0.29, 0.717) is 6.42 Å². The van der Waals surface area contributed by atoms with Gasteiger partial charge < -0.3 is 15.2 Å². The highest BCUT2D eigenvalue weighted by Crippen LogP contribution is 2.12. The number of carbonyl (C=O) groups excluding carboxylic acids is 1. The van der Waals surface area contributed by atoms with Crippen LogP contribution in [-0.2, 0) is 17.7 Å². The molecule has 0 fully saturated rings. The summed E-state index contributed by atoms with van der Waals surface area (Å²) in [7, 11) is 0. The first-order chi connectivity index (χ1) is 13.3. The van der Waals surface area contributed by atoms with E-state index in [-0.39, 0.29) is 6.54 Å². The fraction of sp³-hybridized carbons (Fsp3) is 0.381. The molecule has 2 atom stereocenters. The number of amides is 1. The summed E-state index contributed by atoms with van der Waals surface area (Å²) in [6.45, 7) is 5.55. The number of hydrogen-bond acceptors (Lipinski definition) is 5. The molecule has 148 valence electrons. The average molecular weight is 382 g/mol. The Labute approximate surface area is 164 Å². The average Bonchev–Trinajstić information content (AvgIpc) is 3.02. The molecule has 7 heteroatoms. The number of carbonyl (C=O) groups is 1. The van der Waals surface area contributed by atoms with Crippen molar-refractivity contribution in [3.8, 4) is 0 Å². The van der Waals surface area contributed by atoms with Crippen LogP contribution in [0.4, 0.5) is 4.79 Å². The molecule has 2 aromatic carbocycles. The zero-order valence-corrected chi connectivity index (χ0v) is 16.4. The molecule has 0 aliphatic heterocycles. The van der Waals surface area contributed by atoms with Crippen LogP contribution in [0.15, 0.2) is 54.6 Å². The van der Waals surface area contributed by atoms with Gasteiger partial charge in [0, 0.05) is 0 Å². The molecule has 0 saturated carbocycles. The number of benzene rings is 2. The van der Waals surface area contributed by atoms with Crippen LogP contribution in [-0.4, -0.2) is 43.9 Å². The predicted octanol–water partition coefficient (Wildman–Crippen LogP) is 2.93. The Morgan fingerprint density at radius 1 is 1.07 bits per heavy atom. The highest BCUT2D eigenvalue weighted by Gasteiger charge is 2.26. The van der Waals surface area contributed by atoms with Gasteiger partial charge in [0.25, 0.3) is 0 Å². The van der Waals surface area contributed by atoms with Crippen molar-refractivity contribution >= 4 is 17.1 Å². The second-order valence-electron chi connectivity index (χ2n) is 7.75. The van der Waals surface area contributed by atoms with Crippen LogP contribution in [0.25, 0.3) is 11.0 Å². The van der Waals surface area contributed by atoms with E-state index in [0.717, 1.165) is 16.6 Å². The summed E-state index contributed by atoms with van der Waals surface area (Å²) in [6.07, 6.45) is -0.997. The minimum Gasteiger partial charge on any atom is -0.444 e. The van der Waals surface area contributed by atoms with Gasteiger partial charge >= 0.3 is 6.09 Å². The summed E-state index contributed by atoms with van der Waals surface area (Å²) in [5.74, 6) is 0. The lowest BCUT2D eigenvalue weighted by Gasteiger charge is -2.26. The van der Waals surface area contributed by atoms with Crippen molar-refractivity contribution in [3.05, 3.63) is 60.2 Å². The SMILES string of the molecule is CC(C)(C)OC(=O)N[C@H](Cc1ccccc1)[C@H](O)Cn1nc2ccccc2n1. The van der Waals surface area contributed by atoms with Gasteiger partial charge in [-0.3, -0.25) is 0 Å². The van der Waals surface area contributed by atoms with E-state index in [2.05, 4.69) is 15.5 Å². The minimum absolute atomic E-state index is 0.155. The number of aromatic nitrogens is 3. The molecular formula is C21H26N4O3. The predicted molar refractivity (Wildman–Crippen MR) is 107 cm³/mol. The quantitative estimate of drug-likeness (QED) is 0.684. The normalized spacial score (nSPS) is 13.9. The molecule has 2 N–H and O–H groups in total. The summed E-state index contributed by atoms with van der Waals surface area (Å²) in [4.78, 5) is 13.7. The lowest BCUT2D eigenvalue weighted by Crippen LogP contribution is -2.48. The number of ether oxygens (including phenoxy) is 1. The van der Waals surface area contributed by atoms with Crippen molar-refractivity contribution in [1.29, 1.82) is 0 Å². The topological polar surface area (TPSA) is 89.3 Å². The summed E-state index contributed by atoms with van der Waals surface area (Å²) in [6, 6.07) is 16.6. The molecule has 28 heavy (non-hydrogen) atoms. The second-order valence-corrected chi connectivity index (χ2v) is 7.75. The van der Waals surface area contributed by atoms with Crippen LogP contribution in [0.3, 0.4) is 0 Å². The first-order valence-electron chi connectivity index (χ1n) is 9.31. The van der Waals surface area contributed by atoms with Gasteiger partial charge in [-0.1, -0.05) is 42.5 Å². The molecule has 0 bridgehead atoms. The lowest BCUT2D eigenvalue weighted by molar-refractivity contribution is 0.0393. The van der Waals surface area contributed by atoms with E-state index in [1.54, 1.807) is 20.8 Å². The standard InChI is InChI=1S/C21H26N4O3/c1-21(2,3)28-20(27)22-18(13-15-9-5-4-6-10-15)19(26)14-25-23-16-11-7-8-12-17(16)24-25/h4-12,18-19,26H,13-14H2,1-3H3,(H,22,27)/t18-,19-/m1/s1. The van der Waals surface area contributed by atoms with Gasteiger partial charge in [-0.15, -0.1) is 0 Å². The number of nitrogens with one attached hydrogen (secondary N) is 1. The molecule has 0 radical (unpaired) electrons. The van der Waals surface area contributed by atoms with Crippen LogP contribution < -0.4 is 5.32 Å². The fourth-order valence-corrected chi connectivity index (χ4v) is 2.89. The van der Waals surface area contributed by atoms with E-state index in [1.807, 2.05) is 54.6 Å². The van der Waals surface area contributed by atoms with Gasteiger partial charge in [0.15, 0.2) is 0 Å². The van der Waals surface area contributed by atoms with Crippen molar-refractivity contribution in [2.45, 2.75) is 51.5 Å². The van der Waals surface area contributed by atoms with Crippen molar-refractivity contribution in [1.82, 2.24) is 20.3 Å². The largest absolute Gasteiger partial charge is 0.444 e. The third kappa shape index (κ3) is 5.53. The number of nitrogens with zero attached hydrogens (tertiary/aromatic N) is 3. The van der Waals surface area contributed by atoms with Gasteiger partial charge in [-0.05, 0) is 44.9 Å². The first kappa shape index (κ1) is 19.8. The molecule has 0 saturated heterocycles. The van der Waals surface area contributed by atoms with E-state index in [9.17, 15) is 9.90 Å². The van der Waals surface area contributed by atoms with Gasteiger partial charge in [0.05, 0.1) is 18.7 Å². The van der Waals surface area contributed by atoms with Crippen LogP contribution in [0.1, 0.15) is 26.3 Å². The van der Waals surface area contributed by atoms with Crippen LogP contribution in [0.2, 0.25) is 0 Å². The molecular weight excluding hydrogens is 356 g/mol. The Balaban J connectivity index is 1.74. The highest BCUT2D eigenvalue weighted by atomic mass is 16.6. The first-order valence-corrected chi connectivity index (χ1v) is 9.31. The third-order valence-corrected chi connectivity index (χ3v) is 4.14. The van der Waals surface area contributed by atoms with E-state index >= 15 is 0 Å². The number of rotatable bonds is 6. The fourth-order valence-electron chi connectivity index (χ4n) is 2.89. The zero-order valence-electron chi connectivity index (χ0n) is 16.4. The van der Waals surface area contributed by atoms with Crippen molar-refractivity contribution < 1.29 is 14.6 Å². The van der Waals surface area contributed by atoms with Crippen molar-refractivity contribution in [3.63, 3.8) is 0 Å². The van der Waals surface area contributed by atoms with Crippen LogP contribution in [0.5, 0.6) is 0 Å². The summed E-state index contributed by atoms with van der Waals surface area (Å²) >= 11 is 0. The molecule has 1 amide bonds. The summed E-state index contributed by atoms with van der Waals surface area (Å²) in [5, 5.41) is 22.4. The molecule has 0 aliphatic carbocycles. The van der Waals surface area contributed by atoms with E-state index < -0.39 is 23.8 Å². The number of aliphatic hydroxyl groups is 1. The summed E-state index contributed by atoms with van der Waals surface area (Å²) in [5.41, 5.74) is 1.90. The number of hydrogen-bond donors (Lipinski definition) is 2. The van der Waals surface area contributed by atoms with Crippen LogP contribution >= 0.6 is 0 Å². The van der Waals surface area contributed by atoms with Gasteiger partial charge in [-0.25, -0.2) is 4.79 Å². The third-order valence-electron chi connectivity index (χ3n) is 4.14. The van der Waals surface area contributed by atoms with Gasteiger partial charge in [0.1, 0.15) is 16.6 Å².